The number of hydrogen-bond donors (Lipinski definition) is 3. The third-order valence-electron chi connectivity index (χ3n) is 10.9. The molecular weight excluding hydrogens is 734 g/mol. The van der Waals surface area contributed by atoms with Crippen molar-refractivity contribution in [1.29, 1.82) is 0 Å². The van der Waals surface area contributed by atoms with Crippen LogP contribution in [0, 0.1) is 11.3 Å². The van der Waals surface area contributed by atoms with E-state index in [1.54, 1.807) is 0 Å². The lowest BCUT2D eigenvalue weighted by Crippen LogP contribution is -2.89. The second kappa shape index (κ2) is 14.4. The lowest BCUT2D eigenvalue weighted by molar-refractivity contribution is -0.387. The molecule has 3 N–H and O–H groups in total. The molecule has 19 nitrogen and oxygen atoms in total. The summed E-state index contributed by atoms with van der Waals surface area (Å²) < 4.78 is 47.4. The van der Waals surface area contributed by atoms with E-state index in [9.17, 15) is 48.9 Å². The third-order valence-corrected chi connectivity index (χ3v) is 10.9. The van der Waals surface area contributed by atoms with Crippen molar-refractivity contribution in [2.24, 2.45) is 11.3 Å². The first-order valence-corrected chi connectivity index (χ1v) is 17.4. The largest absolute Gasteiger partial charge is 0.465 e. The highest BCUT2D eigenvalue weighted by molar-refractivity contribution is 5.90. The van der Waals surface area contributed by atoms with Crippen molar-refractivity contribution in [1.82, 2.24) is 4.98 Å². The number of aliphatic hydroxyl groups excluding tert-OH is 1. The van der Waals surface area contributed by atoms with Crippen LogP contribution >= 0.6 is 0 Å². The van der Waals surface area contributed by atoms with Gasteiger partial charge in [-0.3, -0.25) is 29.0 Å². The molecule has 2 aliphatic heterocycles. The summed E-state index contributed by atoms with van der Waals surface area (Å²) in [4.78, 5) is 96.7. The van der Waals surface area contributed by atoms with Crippen molar-refractivity contribution in [3.8, 4) is 0 Å². The molecule has 1 aromatic heterocycles. The van der Waals surface area contributed by atoms with Gasteiger partial charge in [0.2, 0.25) is 0 Å². The Morgan fingerprint density at radius 1 is 0.855 bits per heavy atom. The van der Waals surface area contributed by atoms with Crippen LogP contribution in [0.4, 0.5) is 0 Å². The van der Waals surface area contributed by atoms with E-state index in [0.29, 0.717) is 0 Å². The Balaban J connectivity index is 1.95. The van der Waals surface area contributed by atoms with Gasteiger partial charge in [0.15, 0.2) is 23.4 Å². The SMILES string of the molecule is CC(=O)OC[C@]12[C@H](OC(C)=O)[C@H](OC(C)=O)[C@@H]3[C@@H](OC(C)=O)[C@@]14O[C@@]3(C)COC(=O)c1cccnc1CC[C@@](C)(O)C(=O)O[C@@H]([C@H](O)[C@@H]2OC(C)=O)[C@]4(C)O. The summed E-state index contributed by atoms with van der Waals surface area (Å²) >= 11 is 0. The first-order chi connectivity index (χ1) is 25.5. The number of nitrogens with zero attached hydrogens (tertiary/aromatic N) is 1. The van der Waals surface area contributed by atoms with Gasteiger partial charge < -0.3 is 53.2 Å². The number of esters is 7. The lowest BCUT2D eigenvalue weighted by Gasteiger charge is -2.67. The van der Waals surface area contributed by atoms with Gasteiger partial charge in [-0.15, -0.1) is 0 Å². The van der Waals surface area contributed by atoms with Gasteiger partial charge in [0.25, 0.3) is 0 Å². The van der Waals surface area contributed by atoms with Crippen molar-refractivity contribution < 1.29 is 86.8 Å². The van der Waals surface area contributed by atoms with Gasteiger partial charge in [-0.05, 0) is 45.7 Å². The number of rotatable bonds is 6. The molecular formula is C36H45NO18. The van der Waals surface area contributed by atoms with Crippen LogP contribution in [-0.4, -0.2) is 134 Å². The van der Waals surface area contributed by atoms with E-state index in [0.717, 1.165) is 48.5 Å². The standard InChI is InChI=1S/C36H45NO18/c1-16(38)48-15-35-28(52-19(4)41)24(43)27-34(8,47)36(35)26(51-18(3)40)23(25(50-17(2)39)29(35)53-20(5)42)33(7,55-36)14-49-30(44)21-10-9-13-37-22(21)11-12-32(6,46)31(45)54-27/h9-10,13,23-29,43,46-47H,11-12,14-15H2,1-8H3/t23-,24+,25-,26-,27+,28+,29-,32-,33+,34+,35+,36+/m1/s1. The van der Waals surface area contributed by atoms with Crippen LogP contribution < -0.4 is 0 Å². The Hall–Kier alpha value is -4.72. The van der Waals surface area contributed by atoms with E-state index in [2.05, 4.69) is 4.98 Å². The molecule has 4 bridgehead atoms. The Kier molecular flexibility index (Phi) is 10.9. The zero-order valence-corrected chi connectivity index (χ0v) is 31.5. The molecule has 12 atom stereocenters. The van der Waals surface area contributed by atoms with Crippen LogP contribution in [0.3, 0.4) is 0 Å². The van der Waals surface area contributed by atoms with Crippen molar-refractivity contribution in [2.45, 2.75) is 127 Å². The van der Waals surface area contributed by atoms with Crippen molar-refractivity contribution >= 4 is 41.8 Å². The minimum absolute atomic E-state index is 0.0737. The van der Waals surface area contributed by atoms with E-state index >= 15 is 0 Å². The summed E-state index contributed by atoms with van der Waals surface area (Å²) in [5.74, 6) is -9.11. The van der Waals surface area contributed by atoms with Crippen LogP contribution in [0.5, 0.6) is 0 Å². The summed E-state index contributed by atoms with van der Waals surface area (Å²) in [6, 6.07) is 2.82. The fourth-order valence-electron chi connectivity index (χ4n) is 8.87. The highest BCUT2D eigenvalue weighted by Gasteiger charge is 2.91. The maximum atomic E-state index is 13.9. The lowest BCUT2D eigenvalue weighted by atomic mass is 9.45. The highest BCUT2D eigenvalue weighted by atomic mass is 16.7. The van der Waals surface area contributed by atoms with E-state index < -0.39 is 132 Å². The number of carbonyl (C=O) groups is 7. The zero-order chi connectivity index (χ0) is 41.1. The molecule has 0 amide bonds. The van der Waals surface area contributed by atoms with Gasteiger partial charge in [0.05, 0.1) is 17.2 Å². The van der Waals surface area contributed by atoms with Crippen molar-refractivity contribution in [3.05, 3.63) is 29.6 Å². The van der Waals surface area contributed by atoms with Gasteiger partial charge >= 0.3 is 41.8 Å². The van der Waals surface area contributed by atoms with Crippen LogP contribution in [0.1, 0.15) is 77.9 Å². The van der Waals surface area contributed by atoms with Gasteiger partial charge in [-0.1, -0.05) is 0 Å². The normalized spacial score (nSPS) is 39.5. The first-order valence-electron chi connectivity index (χ1n) is 17.4. The van der Waals surface area contributed by atoms with Crippen LogP contribution in [0.2, 0.25) is 0 Å². The molecule has 2 saturated carbocycles. The molecule has 0 unspecified atom stereocenters. The second-order valence-corrected chi connectivity index (χ2v) is 15.0. The van der Waals surface area contributed by atoms with Crippen LogP contribution in [0.25, 0.3) is 0 Å². The molecule has 0 aromatic carbocycles. The van der Waals surface area contributed by atoms with Crippen molar-refractivity contribution in [3.63, 3.8) is 0 Å². The van der Waals surface area contributed by atoms with Gasteiger partial charge in [0, 0.05) is 40.8 Å². The van der Waals surface area contributed by atoms with Crippen LogP contribution in [-0.2, 0) is 73.1 Å². The Morgan fingerprint density at radius 2 is 1.44 bits per heavy atom. The number of cyclic esters (lactones) is 1. The molecule has 2 aliphatic carbocycles. The minimum Gasteiger partial charge on any atom is -0.465 e. The molecule has 55 heavy (non-hydrogen) atoms. The number of aromatic nitrogens is 1. The fraction of sp³-hybridized carbons (Fsp3) is 0.667. The fourth-order valence-corrected chi connectivity index (χ4v) is 8.87. The second-order valence-electron chi connectivity index (χ2n) is 15.0. The molecule has 5 rings (SSSR count). The molecule has 4 aliphatic rings. The molecule has 19 heteroatoms. The number of pyridine rings is 1. The minimum atomic E-state index is -2.89. The molecule has 3 heterocycles. The molecule has 1 aromatic rings. The molecule has 1 spiro atoms. The Bertz CT molecular complexity index is 1780. The monoisotopic (exact) mass is 779 g/mol. The number of aryl methyl sites for hydroxylation is 1. The number of aliphatic hydroxyl groups is 3. The molecule has 302 valence electrons. The van der Waals surface area contributed by atoms with Crippen molar-refractivity contribution in [2.75, 3.05) is 13.2 Å². The summed E-state index contributed by atoms with van der Waals surface area (Å²) in [6.45, 7) is 6.46. The van der Waals surface area contributed by atoms with Crippen LogP contribution in [0.15, 0.2) is 18.3 Å². The average molecular weight is 780 g/mol. The third kappa shape index (κ3) is 6.69. The van der Waals surface area contributed by atoms with E-state index in [4.69, 9.17) is 37.9 Å². The average Bonchev–Trinajstić information content (AvgIpc) is 3.29. The highest BCUT2D eigenvalue weighted by Crippen LogP contribution is 2.70. The smallest absolute Gasteiger partial charge is 0.340 e. The Labute approximate surface area is 314 Å². The summed E-state index contributed by atoms with van der Waals surface area (Å²) in [6.07, 6.45) is -11.7. The topological polar surface area (TPSA) is 267 Å². The maximum absolute atomic E-state index is 13.9. The predicted octanol–water partition coefficient (Wildman–Crippen LogP) is -0.593. The number of carbonyl (C=O) groups excluding carboxylic acids is 7. The van der Waals surface area contributed by atoms with Gasteiger partial charge in [0.1, 0.15) is 54.2 Å². The first kappa shape index (κ1) is 41.4. The predicted molar refractivity (Wildman–Crippen MR) is 177 cm³/mol. The zero-order valence-electron chi connectivity index (χ0n) is 31.5. The van der Waals surface area contributed by atoms with Gasteiger partial charge in [-0.25, -0.2) is 9.59 Å². The molecule has 1 saturated heterocycles. The Morgan fingerprint density at radius 3 is 2.02 bits per heavy atom. The van der Waals surface area contributed by atoms with Gasteiger partial charge in [-0.2, -0.15) is 0 Å². The number of hydrogen-bond acceptors (Lipinski definition) is 19. The van der Waals surface area contributed by atoms with E-state index in [1.807, 2.05) is 0 Å². The van der Waals surface area contributed by atoms with E-state index in [-0.39, 0.29) is 17.7 Å². The molecule has 0 radical (unpaired) electrons. The quantitative estimate of drug-likeness (QED) is 0.240. The number of ether oxygens (including phenoxy) is 8. The number of fused-ring (bicyclic) bond motifs is 5. The summed E-state index contributed by atoms with van der Waals surface area (Å²) in [5.41, 5.74) is -12.7. The summed E-state index contributed by atoms with van der Waals surface area (Å²) in [5, 5.41) is 36.8. The van der Waals surface area contributed by atoms with E-state index in [1.165, 1.54) is 25.3 Å². The maximum Gasteiger partial charge on any atom is 0.340 e. The summed E-state index contributed by atoms with van der Waals surface area (Å²) in [7, 11) is 0. The molecule has 3 fully saturated rings.